The molecule has 0 aliphatic rings. The zero-order valence-corrected chi connectivity index (χ0v) is 15.4. The largest absolute Gasteiger partial charge is 0.497 e. The zero-order valence-electron chi connectivity index (χ0n) is 13.8. The summed E-state index contributed by atoms with van der Waals surface area (Å²) in [5.41, 5.74) is -0.676. The van der Waals surface area contributed by atoms with Crippen molar-refractivity contribution in [2.24, 2.45) is 5.41 Å². The van der Waals surface area contributed by atoms with Gasteiger partial charge in [-0.25, -0.2) is 8.42 Å². The van der Waals surface area contributed by atoms with Crippen LogP contribution in [0.2, 0.25) is 5.02 Å². The summed E-state index contributed by atoms with van der Waals surface area (Å²) in [6.07, 6.45) is 0. The van der Waals surface area contributed by atoms with Crippen molar-refractivity contribution in [3.05, 3.63) is 23.2 Å². The highest BCUT2D eigenvalue weighted by molar-refractivity contribution is 7.89. The van der Waals surface area contributed by atoms with E-state index in [1.165, 1.54) is 19.2 Å². The number of halogens is 1. The van der Waals surface area contributed by atoms with Crippen molar-refractivity contribution in [3.63, 3.8) is 0 Å². The number of carbonyl (C=O) groups is 1. The topological polar surface area (TPSA) is 81.7 Å². The number of esters is 1. The fourth-order valence-corrected chi connectivity index (χ4v) is 3.74. The Labute approximate surface area is 142 Å². The molecule has 0 unspecified atom stereocenters. The van der Waals surface area contributed by atoms with E-state index >= 15 is 0 Å². The number of carbonyl (C=O) groups excluding carboxylic acids is 1. The first-order valence-corrected chi connectivity index (χ1v) is 8.91. The van der Waals surface area contributed by atoms with Gasteiger partial charge in [-0.15, -0.1) is 0 Å². The van der Waals surface area contributed by atoms with Crippen LogP contribution in [-0.2, 0) is 19.6 Å². The van der Waals surface area contributed by atoms with Gasteiger partial charge < -0.3 is 9.47 Å². The van der Waals surface area contributed by atoms with Gasteiger partial charge in [0.2, 0.25) is 10.0 Å². The number of nitrogens with one attached hydrogen (secondary N) is 1. The molecular formula is C15H22ClNO5S. The predicted octanol–water partition coefficient (Wildman–Crippen LogP) is 2.60. The molecule has 0 amide bonds. The van der Waals surface area contributed by atoms with Crippen LogP contribution in [0.3, 0.4) is 0 Å². The Morgan fingerprint density at radius 1 is 1.35 bits per heavy atom. The number of ether oxygens (including phenoxy) is 2. The first kappa shape index (κ1) is 19.7. The van der Waals surface area contributed by atoms with Gasteiger partial charge >= 0.3 is 5.97 Å². The SMILES string of the molecule is CCOC(=O)[C@@H](NS(=O)(=O)c1cc(OC)ccc1Cl)C(C)(C)C. The van der Waals surface area contributed by atoms with Crippen LogP contribution < -0.4 is 9.46 Å². The van der Waals surface area contributed by atoms with Crippen molar-refractivity contribution in [1.82, 2.24) is 4.72 Å². The van der Waals surface area contributed by atoms with Gasteiger partial charge in [0.05, 0.1) is 18.7 Å². The molecule has 0 spiro atoms. The van der Waals surface area contributed by atoms with Crippen LogP contribution in [0, 0.1) is 5.41 Å². The smallest absolute Gasteiger partial charge is 0.324 e. The first-order valence-electron chi connectivity index (χ1n) is 7.05. The Bertz CT molecular complexity index is 667. The number of hydrogen-bond donors (Lipinski definition) is 1. The fraction of sp³-hybridized carbons (Fsp3) is 0.533. The summed E-state index contributed by atoms with van der Waals surface area (Å²) in [4.78, 5) is 11.9. The molecule has 1 rings (SSSR count). The third kappa shape index (κ3) is 5.09. The van der Waals surface area contributed by atoms with E-state index in [4.69, 9.17) is 21.1 Å². The minimum Gasteiger partial charge on any atom is -0.497 e. The van der Waals surface area contributed by atoms with Crippen molar-refractivity contribution in [2.45, 2.75) is 38.6 Å². The van der Waals surface area contributed by atoms with E-state index in [0.717, 1.165) is 0 Å². The summed E-state index contributed by atoms with van der Waals surface area (Å²) in [5, 5.41) is 0.0369. The van der Waals surface area contributed by atoms with Crippen molar-refractivity contribution in [2.75, 3.05) is 13.7 Å². The fourth-order valence-electron chi connectivity index (χ4n) is 1.84. The Kier molecular flexibility index (Phi) is 6.44. The normalized spacial score (nSPS) is 13.5. The molecule has 0 saturated carbocycles. The van der Waals surface area contributed by atoms with Crippen molar-refractivity contribution < 1.29 is 22.7 Å². The molecule has 0 aromatic heterocycles. The molecule has 0 aliphatic heterocycles. The number of rotatable bonds is 6. The second-order valence-corrected chi connectivity index (χ2v) is 8.06. The minimum absolute atomic E-state index is 0.0369. The maximum Gasteiger partial charge on any atom is 0.324 e. The van der Waals surface area contributed by atoms with E-state index in [1.54, 1.807) is 33.8 Å². The molecule has 0 aliphatic carbocycles. The molecule has 0 radical (unpaired) electrons. The van der Waals surface area contributed by atoms with Crippen molar-refractivity contribution in [1.29, 1.82) is 0 Å². The number of benzene rings is 1. The lowest BCUT2D eigenvalue weighted by molar-refractivity contribution is -0.147. The van der Waals surface area contributed by atoms with Crippen LogP contribution in [0.25, 0.3) is 0 Å². The molecule has 0 bridgehead atoms. The maximum atomic E-state index is 12.6. The van der Waals surface area contributed by atoms with Gasteiger partial charge in [0.15, 0.2) is 0 Å². The van der Waals surface area contributed by atoms with Crippen LogP contribution in [0.5, 0.6) is 5.75 Å². The molecular weight excluding hydrogens is 342 g/mol. The summed E-state index contributed by atoms with van der Waals surface area (Å²) in [6, 6.07) is 3.23. The Hall–Kier alpha value is -1.31. The van der Waals surface area contributed by atoms with E-state index in [9.17, 15) is 13.2 Å². The Balaban J connectivity index is 3.24. The standard InChI is InChI=1S/C15H22ClNO5S/c1-6-22-14(18)13(15(2,3)4)17-23(19,20)12-9-10(21-5)7-8-11(12)16/h7-9,13,17H,6H2,1-5H3/t13-/m1/s1. The number of sulfonamides is 1. The Morgan fingerprint density at radius 3 is 2.43 bits per heavy atom. The van der Waals surface area contributed by atoms with Crippen LogP contribution in [0.1, 0.15) is 27.7 Å². The molecule has 0 saturated heterocycles. The molecule has 6 nitrogen and oxygen atoms in total. The highest BCUT2D eigenvalue weighted by Gasteiger charge is 2.37. The summed E-state index contributed by atoms with van der Waals surface area (Å²) in [7, 11) is -2.61. The van der Waals surface area contributed by atoms with E-state index in [1.807, 2.05) is 0 Å². The predicted molar refractivity (Wildman–Crippen MR) is 88.2 cm³/mol. The second kappa shape index (κ2) is 7.51. The van der Waals surface area contributed by atoms with E-state index in [0.29, 0.717) is 5.75 Å². The molecule has 1 aromatic rings. The second-order valence-electron chi connectivity index (χ2n) is 5.97. The lowest BCUT2D eigenvalue weighted by atomic mass is 9.87. The van der Waals surface area contributed by atoms with Gasteiger partial charge in [0.25, 0.3) is 0 Å². The van der Waals surface area contributed by atoms with E-state index < -0.39 is 27.4 Å². The van der Waals surface area contributed by atoms with Gasteiger partial charge in [0.1, 0.15) is 16.7 Å². The molecule has 0 heterocycles. The number of hydrogen-bond acceptors (Lipinski definition) is 5. The molecule has 1 aromatic carbocycles. The summed E-state index contributed by atoms with van der Waals surface area (Å²) in [5.74, 6) is -0.291. The van der Waals surface area contributed by atoms with Crippen LogP contribution >= 0.6 is 11.6 Å². The van der Waals surface area contributed by atoms with Gasteiger partial charge in [-0.2, -0.15) is 4.72 Å². The van der Waals surface area contributed by atoms with Gasteiger partial charge in [-0.05, 0) is 24.5 Å². The van der Waals surface area contributed by atoms with Gasteiger partial charge in [-0.1, -0.05) is 32.4 Å². The Morgan fingerprint density at radius 2 is 1.96 bits per heavy atom. The molecule has 130 valence electrons. The first-order chi connectivity index (χ1) is 10.5. The number of methoxy groups -OCH3 is 1. The molecule has 8 heteroatoms. The van der Waals surface area contributed by atoms with E-state index in [-0.39, 0.29) is 16.5 Å². The average molecular weight is 364 g/mol. The van der Waals surface area contributed by atoms with E-state index in [2.05, 4.69) is 4.72 Å². The van der Waals surface area contributed by atoms with Crippen molar-refractivity contribution >= 4 is 27.6 Å². The summed E-state index contributed by atoms with van der Waals surface area (Å²) >= 11 is 5.99. The minimum atomic E-state index is -4.03. The molecule has 23 heavy (non-hydrogen) atoms. The van der Waals surface area contributed by atoms with Crippen LogP contribution in [-0.4, -0.2) is 34.1 Å². The van der Waals surface area contributed by atoms with Crippen LogP contribution in [0.4, 0.5) is 0 Å². The third-order valence-corrected chi connectivity index (χ3v) is 4.99. The molecule has 0 fully saturated rings. The highest BCUT2D eigenvalue weighted by atomic mass is 35.5. The maximum absolute atomic E-state index is 12.6. The van der Waals surface area contributed by atoms with Crippen LogP contribution in [0.15, 0.2) is 23.1 Å². The zero-order chi connectivity index (χ0) is 17.8. The van der Waals surface area contributed by atoms with Gasteiger partial charge in [-0.3, -0.25) is 4.79 Å². The highest BCUT2D eigenvalue weighted by Crippen LogP contribution is 2.28. The van der Waals surface area contributed by atoms with Gasteiger partial charge in [0, 0.05) is 6.07 Å². The summed E-state index contributed by atoms with van der Waals surface area (Å²) in [6.45, 7) is 7.04. The summed E-state index contributed by atoms with van der Waals surface area (Å²) < 4.78 is 37.6. The monoisotopic (exact) mass is 363 g/mol. The van der Waals surface area contributed by atoms with Crippen molar-refractivity contribution in [3.8, 4) is 5.75 Å². The lowest BCUT2D eigenvalue weighted by Gasteiger charge is -2.29. The average Bonchev–Trinajstić information content (AvgIpc) is 2.44. The lowest BCUT2D eigenvalue weighted by Crippen LogP contribution is -2.49. The third-order valence-electron chi connectivity index (χ3n) is 3.09. The quantitative estimate of drug-likeness (QED) is 0.785. The molecule has 1 N–H and O–H groups in total. The molecule has 1 atom stereocenters.